The number of hydrazine groups is 1. The summed E-state index contributed by atoms with van der Waals surface area (Å²) in [5, 5.41) is 10.5. The van der Waals surface area contributed by atoms with E-state index in [1.165, 1.54) is 12.1 Å². The summed E-state index contributed by atoms with van der Waals surface area (Å²) in [7, 11) is 0. The fourth-order valence-corrected chi connectivity index (χ4v) is 1.47. The van der Waals surface area contributed by atoms with Crippen LogP contribution in [0.2, 0.25) is 0 Å². The maximum atomic E-state index is 11.8. The zero-order valence-corrected chi connectivity index (χ0v) is 10.7. The topological polar surface area (TPSA) is 97.2 Å². The summed E-state index contributed by atoms with van der Waals surface area (Å²) < 4.78 is 0. The van der Waals surface area contributed by atoms with Crippen LogP contribution in [0.15, 0.2) is 42.6 Å². The summed E-state index contributed by atoms with van der Waals surface area (Å²) in [5.41, 5.74) is 6.51. The second-order valence-corrected chi connectivity index (χ2v) is 4.10. The van der Waals surface area contributed by atoms with Gasteiger partial charge in [-0.15, -0.1) is 0 Å². The van der Waals surface area contributed by atoms with Crippen LogP contribution in [0.5, 0.6) is 0 Å². The van der Waals surface area contributed by atoms with Crippen LogP contribution in [0.3, 0.4) is 0 Å². The molecule has 0 fully saturated rings. The number of carbonyl (C=O) groups excluding carboxylic acids is 1. The van der Waals surface area contributed by atoms with Gasteiger partial charge in [-0.3, -0.25) is 25.8 Å². The van der Waals surface area contributed by atoms with Crippen molar-refractivity contribution in [2.75, 3.05) is 5.43 Å². The first kappa shape index (κ1) is 13.5. The molecule has 2 aromatic rings. The highest BCUT2D eigenvalue weighted by Gasteiger charge is 2.07. The van der Waals surface area contributed by atoms with Crippen molar-refractivity contribution in [2.24, 2.45) is 0 Å². The highest BCUT2D eigenvalue weighted by Crippen LogP contribution is 2.11. The number of amides is 1. The molecule has 1 amide bonds. The number of anilines is 1. The van der Waals surface area contributed by atoms with Crippen LogP contribution in [0, 0.1) is 17.0 Å². The van der Waals surface area contributed by atoms with Crippen molar-refractivity contribution in [3.63, 3.8) is 0 Å². The number of benzene rings is 1. The predicted octanol–water partition coefficient (Wildman–Crippen LogP) is 2.06. The minimum absolute atomic E-state index is 0.111. The Morgan fingerprint density at radius 3 is 2.45 bits per heavy atom. The Hall–Kier alpha value is -2.96. The molecular weight excluding hydrogens is 260 g/mol. The van der Waals surface area contributed by atoms with Crippen LogP contribution < -0.4 is 10.9 Å². The number of hydrogen-bond donors (Lipinski definition) is 2. The highest BCUT2D eigenvalue weighted by molar-refractivity contribution is 5.94. The number of nitrogens with one attached hydrogen (secondary N) is 2. The summed E-state index contributed by atoms with van der Waals surface area (Å²) in [6.07, 6.45) is 1.11. The van der Waals surface area contributed by atoms with Gasteiger partial charge in [0.25, 0.3) is 11.6 Å². The van der Waals surface area contributed by atoms with Crippen molar-refractivity contribution in [1.29, 1.82) is 0 Å². The van der Waals surface area contributed by atoms with E-state index in [4.69, 9.17) is 0 Å². The van der Waals surface area contributed by atoms with Crippen LogP contribution in [0.4, 0.5) is 11.5 Å². The van der Waals surface area contributed by atoms with Gasteiger partial charge in [-0.25, -0.2) is 4.98 Å². The Balaban J connectivity index is 1.96. The molecule has 0 bridgehead atoms. The quantitative estimate of drug-likeness (QED) is 0.655. The number of hydrogen-bond acceptors (Lipinski definition) is 5. The van der Waals surface area contributed by atoms with Gasteiger partial charge in [0.2, 0.25) is 0 Å². The first-order valence-corrected chi connectivity index (χ1v) is 5.80. The number of pyridine rings is 1. The minimum Gasteiger partial charge on any atom is -0.282 e. The van der Waals surface area contributed by atoms with Gasteiger partial charge in [-0.05, 0) is 25.1 Å². The first-order chi connectivity index (χ1) is 9.56. The Morgan fingerprint density at radius 2 is 1.90 bits per heavy atom. The molecule has 0 saturated heterocycles. The van der Waals surface area contributed by atoms with Gasteiger partial charge >= 0.3 is 0 Å². The standard InChI is InChI=1S/C13H12N4O3/c1-9-2-4-10(5-3-9)13(18)16-15-12-7-6-11(8-14-12)17(19)20/h2-8H,1H3,(H,14,15)(H,16,18). The molecular formula is C13H12N4O3. The summed E-state index contributed by atoms with van der Waals surface area (Å²) in [6, 6.07) is 9.78. The number of aromatic nitrogens is 1. The smallest absolute Gasteiger partial charge is 0.282 e. The van der Waals surface area contributed by atoms with Crippen LogP contribution in [0.1, 0.15) is 15.9 Å². The number of nitrogens with zero attached hydrogens (tertiary/aromatic N) is 2. The lowest BCUT2D eigenvalue weighted by Crippen LogP contribution is -2.29. The molecule has 0 unspecified atom stereocenters. The third-order valence-corrected chi connectivity index (χ3v) is 2.58. The normalized spacial score (nSPS) is 9.85. The molecule has 1 aromatic carbocycles. The van der Waals surface area contributed by atoms with Gasteiger partial charge in [0, 0.05) is 11.6 Å². The molecule has 2 rings (SSSR count). The number of carbonyl (C=O) groups is 1. The van der Waals surface area contributed by atoms with E-state index in [1.54, 1.807) is 12.1 Å². The van der Waals surface area contributed by atoms with Crippen molar-refractivity contribution in [3.05, 3.63) is 63.8 Å². The molecule has 2 N–H and O–H groups in total. The number of aryl methyl sites for hydroxylation is 1. The average Bonchev–Trinajstić information content (AvgIpc) is 2.46. The molecule has 7 heteroatoms. The highest BCUT2D eigenvalue weighted by atomic mass is 16.6. The fraction of sp³-hybridized carbons (Fsp3) is 0.0769. The number of rotatable bonds is 4. The fourth-order valence-electron chi connectivity index (χ4n) is 1.47. The summed E-state index contributed by atoms with van der Waals surface area (Å²) in [4.78, 5) is 25.5. The third-order valence-electron chi connectivity index (χ3n) is 2.58. The molecule has 0 radical (unpaired) electrons. The van der Waals surface area contributed by atoms with E-state index in [0.29, 0.717) is 11.4 Å². The molecule has 1 aromatic heterocycles. The SMILES string of the molecule is Cc1ccc(C(=O)NNc2ccc([N+](=O)[O-])cn2)cc1. The van der Waals surface area contributed by atoms with Gasteiger partial charge in [-0.2, -0.15) is 0 Å². The molecule has 102 valence electrons. The van der Waals surface area contributed by atoms with Crippen LogP contribution >= 0.6 is 0 Å². The molecule has 7 nitrogen and oxygen atoms in total. The van der Waals surface area contributed by atoms with Crippen LogP contribution in [-0.2, 0) is 0 Å². The monoisotopic (exact) mass is 272 g/mol. The molecule has 1 heterocycles. The lowest BCUT2D eigenvalue weighted by molar-refractivity contribution is -0.385. The van der Waals surface area contributed by atoms with Crippen LogP contribution in [-0.4, -0.2) is 15.8 Å². The Labute approximate surface area is 114 Å². The van der Waals surface area contributed by atoms with Crippen molar-refractivity contribution in [3.8, 4) is 0 Å². The lowest BCUT2D eigenvalue weighted by atomic mass is 10.1. The van der Waals surface area contributed by atoms with E-state index in [1.807, 2.05) is 19.1 Å². The third kappa shape index (κ3) is 3.29. The van der Waals surface area contributed by atoms with Crippen molar-refractivity contribution in [1.82, 2.24) is 10.4 Å². The first-order valence-electron chi connectivity index (χ1n) is 5.80. The summed E-state index contributed by atoms with van der Waals surface area (Å²) >= 11 is 0. The molecule has 0 atom stereocenters. The maximum absolute atomic E-state index is 11.8. The van der Waals surface area contributed by atoms with E-state index in [9.17, 15) is 14.9 Å². The van der Waals surface area contributed by atoms with E-state index in [2.05, 4.69) is 15.8 Å². The van der Waals surface area contributed by atoms with Gasteiger partial charge in [0.1, 0.15) is 12.0 Å². The molecule has 0 saturated carbocycles. The Morgan fingerprint density at radius 1 is 1.20 bits per heavy atom. The average molecular weight is 272 g/mol. The van der Waals surface area contributed by atoms with E-state index >= 15 is 0 Å². The van der Waals surface area contributed by atoms with Gasteiger partial charge in [0.15, 0.2) is 0 Å². The van der Waals surface area contributed by atoms with E-state index in [-0.39, 0.29) is 11.6 Å². The van der Waals surface area contributed by atoms with Crippen molar-refractivity contribution in [2.45, 2.75) is 6.92 Å². The minimum atomic E-state index is -0.540. The van der Waals surface area contributed by atoms with Crippen molar-refractivity contribution < 1.29 is 9.72 Å². The number of nitro groups is 1. The largest absolute Gasteiger partial charge is 0.287 e. The van der Waals surface area contributed by atoms with Crippen LogP contribution in [0.25, 0.3) is 0 Å². The Kier molecular flexibility index (Phi) is 3.90. The van der Waals surface area contributed by atoms with E-state index < -0.39 is 4.92 Å². The summed E-state index contributed by atoms with van der Waals surface area (Å²) in [5.74, 6) is 0.00112. The second kappa shape index (κ2) is 5.79. The van der Waals surface area contributed by atoms with E-state index in [0.717, 1.165) is 11.8 Å². The molecule has 0 aliphatic carbocycles. The lowest BCUT2D eigenvalue weighted by Gasteiger charge is -2.07. The zero-order valence-electron chi connectivity index (χ0n) is 10.7. The Bertz CT molecular complexity index is 623. The molecule has 0 spiro atoms. The zero-order chi connectivity index (χ0) is 14.5. The van der Waals surface area contributed by atoms with Gasteiger partial charge in [0.05, 0.1) is 4.92 Å². The molecule has 20 heavy (non-hydrogen) atoms. The second-order valence-electron chi connectivity index (χ2n) is 4.10. The predicted molar refractivity (Wildman–Crippen MR) is 73.2 cm³/mol. The molecule has 0 aliphatic heterocycles. The van der Waals surface area contributed by atoms with Gasteiger partial charge in [-0.1, -0.05) is 17.7 Å². The maximum Gasteiger partial charge on any atom is 0.287 e. The van der Waals surface area contributed by atoms with Gasteiger partial charge < -0.3 is 0 Å². The summed E-state index contributed by atoms with van der Waals surface area (Å²) in [6.45, 7) is 1.93. The van der Waals surface area contributed by atoms with Crippen molar-refractivity contribution >= 4 is 17.4 Å². The molecule has 0 aliphatic rings.